The van der Waals surface area contributed by atoms with Crippen molar-refractivity contribution in [1.82, 2.24) is 15.1 Å². The maximum atomic E-state index is 13.1. The van der Waals surface area contributed by atoms with Gasteiger partial charge in [-0.25, -0.2) is 4.68 Å². The number of nitrogens with one attached hydrogen (secondary N) is 2. The molecule has 1 aromatic heterocycles. The van der Waals surface area contributed by atoms with Gasteiger partial charge in [-0.1, -0.05) is 50.2 Å². The van der Waals surface area contributed by atoms with Crippen LogP contribution in [0.15, 0.2) is 67.0 Å². The monoisotopic (exact) mass is 390 g/mol. The van der Waals surface area contributed by atoms with E-state index in [0.29, 0.717) is 12.1 Å². The minimum atomic E-state index is -0.768. The summed E-state index contributed by atoms with van der Waals surface area (Å²) in [5.74, 6) is -0.220. The Bertz CT molecular complexity index is 966. The number of aryl methyl sites for hydroxylation is 1. The van der Waals surface area contributed by atoms with Crippen molar-refractivity contribution >= 4 is 17.5 Å². The van der Waals surface area contributed by atoms with Gasteiger partial charge in [0.1, 0.15) is 6.04 Å². The molecule has 0 spiro atoms. The van der Waals surface area contributed by atoms with Gasteiger partial charge in [-0.15, -0.1) is 0 Å². The van der Waals surface area contributed by atoms with E-state index in [-0.39, 0.29) is 17.7 Å². The molecule has 0 radical (unpaired) electrons. The van der Waals surface area contributed by atoms with Crippen LogP contribution >= 0.6 is 0 Å². The Morgan fingerprint density at radius 1 is 1.07 bits per heavy atom. The van der Waals surface area contributed by atoms with Crippen LogP contribution in [0.3, 0.4) is 0 Å². The molecule has 6 heteroatoms. The van der Waals surface area contributed by atoms with E-state index in [2.05, 4.69) is 15.7 Å². The van der Waals surface area contributed by atoms with E-state index in [1.807, 2.05) is 81.6 Å². The van der Waals surface area contributed by atoms with Crippen molar-refractivity contribution in [2.75, 3.05) is 5.32 Å². The lowest BCUT2D eigenvalue weighted by Gasteiger charge is -2.20. The molecule has 0 saturated heterocycles. The molecule has 1 unspecified atom stereocenters. The molecular weight excluding hydrogens is 364 g/mol. The van der Waals surface area contributed by atoms with Gasteiger partial charge >= 0.3 is 0 Å². The topological polar surface area (TPSA) is 76.0 Å². The second-order valence-corrected chi connectivity index (χ2v) is 7.45. The second-order valence-electron chi connectivity index (χ2n) is 7.45. The van der Waals surface area contributed by atoms with E-state index < -0.39 is 6.04 Å². The van der Waals surface area contributed by atoms with Crippen molar-refractivity contribution in [2.24, 2.45) is 5.92 Å². The number of hydrogen-bond acceptors (Lipinski definition) is 3. The largest absolute Gasteiger partial charge is 0.341 e. The van der Waals surface area contributed by atoms with E-state index >= 15 is 0 Å². The zero-order valence-electron chi connectivity index (χ0n) is 16.9. The van der Waals surface area contributed by atoms with Crippen LogP contribution < -0.4 is 10.6 Å². The molecule has 6 nitrogen and oxygen atoms in total. The molecular formula is C23H26N4O2. The van der Waals surface area contributed by atoms with Gasteiger partial charge in [-0.2, -0.15) is 5.10 Å². The molecule has 0 aliphatic rings. The summed E-state index contributed by atoms with van der Waals surface area (Å²) in [6.45, 7) is 5.87. The quantitative estimate of drug-likeness (QED) is 0.640. The fourth-order valence-corrected chi connectivity index (χ4v) is 3.05. The first kappa shape index (κ1) is 20.3. The molecule has 1 atom stereocenters. The molecule has 0 aliphatic carbocycles. The molecule has 1 heterocycles. The van der Waals surface area contributed by atoms with Gasteiger partial charge in [0.15, 0.2) is 0 Å². The zero-order chi connectivity index (χ0) is 20.8. The summed E-state index contributed by atoms with van der Waals surface area (Å²) in [5, 5.41) is 10.1. The number of hydrogen-bond donors (Lipinski definition) is 2. The first-order valence-corrected chi connectivity index (χ1v) is 9.70. The fraction of sp³-hybridized carbons (Fsp3) is 0.261. The summed E-state index contributed by atoms with van der Waals surface area (Å²) in [5.41, 5.74) is 3.19. The highest BCUT2D eigenvalue weighted by Gasteiger charge is 2.23. The number of nitrogens with zero attached hydrogens (tertiary/aromatic N) is 2. The standard InChI is InChI=1S/C23H26N4O2/c1-16(2)14-21(28)26-22(18-8-5-4-6-9-18)23(29)25-20-15-19(11-10-17(20)3)27-13-7-12-24-27/h4-13,15-16,22H,14H2,1-3H3,(H,25,29)(H,26,28). The van der Waals surface area contributed by atoms with E-state index in [0.717, 1.165) is 16.8 Å². The van der Waals surface area contributed by atoms with Crippen LogP contribution in [-0.4, -0.2) is 21.6 Å². The van der Waals surface area contributed by atoms with Crippen LogP contribution in [-0.2, 0) is 9.59 Å². The Kier molecular flexibility index (Phi) is 6.44. The molecule has 2 aromatic carbocycles. The Hall–Kier alpha value is -3.41. The summed E-state index contributed by atoms with van der Waals surface area (Å²) < 4.78 is 1.73. The molecule has 150 valence electrons. The highest BCUT2D eigenvalue weighted by molar-refractivity contribution is 5.98. The Morgan fingerprint density at radius 3 is 2.48 bits per heavy atom. The third-order valence-electron chi connectivity index (χ3n) is 4.54. The first-order valence-electron chi connectivity index (χ1n) is 9.70. The summed E-state index contributed by atoms with van der Waals surface area (Å²) in [6.07, 6.45) is 3.91. The average Bonchev–Trinajstić information content (AvgIpc) is 3.22. The lowest BCUT2D eigenvalue weighted by atomic mass is 10.0. The highest BCUT2D eigenvalue weighted by atomic mass is 16.2. The molecule has 2 amide bonds. The predicted molar refractivity (Wildman–Crippen MR) is 114 cm³/mol. The number of carbonyl (C=O) groups excluding carboxylic acids is 2. The lowest BCUT2D eigenvalue weighted by Crippen LogP contribution is -2.37. The van der Waals surface area contributed by atoms with Crippen LogP contribution in [0, 0.1) is 12.8 Å². The lowest BCUT2D eigenvalue weighted by molar-refractivity contribution is -0.127. The smallest absolute Gasteiger partial charge is 0.251 e. The van der Waals surface area contributed by atoms with E-state index in [1.165, 1.54) is 0 Å². The third-order valence-corrected chi connectivity index (χ3v) is 4.54. The number of benzene rings is 2. The van der Waals surface area contributed by atoms with Crippen molar-refractivity contribution in [3.63, 3.8) is 0 Å². The Balaban J connectivity index is 1.85. The second kappa shape index (κ2) is 9.19. The number of amides is 2. The minimum Gasteiger partial charge on any atom is -0.341 e. The van der Waals surface area contributed by atoms with Gasteiger partial charge in [0.05, 0.1) is 5.69 Å². The summed E-state index contributed by atoms with van der Waals surface area (Å²) in [6, 6.07) is 16.1. The van der Waals surface area contributed by atoms with Gasteiger partial charge in [-0.05, 0) is 42.2 Å². The van der Waals surface area contributed by atoms with Crippen LogP contribution in [0.25, 0.3) is 5.69 Å². The molecule has 2 N–H and O–H groups in total. The normalized spacial score (nSPS) is 11.9. The number of carbonyl (C=O) groups is 2. The van der Waals surface area contributed by atoms with Gasteiger partial charge in [0.2, 0.25) is 5.91 Å². The fourth-order valence-electron chi connectivity index (χ4n) is 3.05. The number of anilines is 1. The maximum Gasteiger partial charge on any atom is 0.251 e. The van der Waals surface area contributed by atoms with Gasteiger partial charge in [0.25, 0.3) is 5.91 Å². The van der Waals surface area contributed by atoms with Crippen LogP contribution in [0.5, 0.6) is 0 Å². The zero-order valence-corrected chi connectivity index (χ0v) is 16.9. The number of aromatic nitrogens is 2. The van der Waals surface area contributed by atoms with Crippen molar-refractivity contribution in [2.45, 2.75) is 33.2 Å². The minimum absolute atomic E-state index is 0.147. The molecule has 3 aromatic rings. The van der Waals surface area contributed by atoms with Crippen LogP contribution in [0.1, 0.15) is 37.4 Å². The van der Waals surface area contributed by atoms with Crippen molar-refractivity contribution < 1.29 is 9.59 Å². The summed E-state index contributed by atoms with van der Waals surface area (Å²) in [4.78, 5) is 25.5. The van der Waals surface area contributed by atoms with Gasteiger partial charge in [-0.3, -0.25) is 9.59 Å². The first-order chi connectivity index (χ1) is 13.9. The molecule has 0 saturated carbocycles. The highest BCUT2D eigenvalue weighted by Crippen LogP contribution is 2.22. The molecule has 0 fully saturated rings. The Labute approximate surface area is 170 Å². The van der Waals surface area contributed by atoms with E-state index in [4.69, 9.17) is 0 Å². The molecule has 0 bridgehead atoms. The van der Waals surface area contributed by atoms with Gasteiger partial charge < -0.3 is 10.6 Å². The van der Waals surface area contributed by atoms with Crippen LogP contribution in [0.4, 0.5) is 5.69 Å². The third kappa shape index (κ3) is 5.31. The van der Waals surface area contributed by atoms with Crippen molar-refractivity contribution in [3.05, 3.63) is 78.1 Å². The summed E-state index contributed by atoms with van der Waals surface area (Å²) >= 11 is 0. The van der Waals surface area contributed by atoms with Crippen molar-refractivity contribution in [1.29, 1.82) is 0 Å². The molecule has 29 heavy (non-hydrogen) atoms. The predicted octanol–water partition coefficient (Wildman–Crippen LogP) is 4.02. The SMILES string of the molecule is Cc1ccc(-n2cccn2)cc1NC(=O)C(NC(=O)CC(C)C)c1ccccc1. The average molecular weight is 390 g/mol. The maximum absolute atomic E-state index is 13.1. The van der Waals surface area contributed by atoms with Gasteiger partial charge in [0, 0.05) is 24.5 Å². The Morgan fingerprint density at radius 2 is 1.83 bits per heavy atom. The summed E-state index contributed by atoms with van der Waals surface area (Å²) in [7, 11) is 0. The van der Waals surface area contributed by atoms with E-state index in [1.54, 1.807) is 10.9 Å². The van der Waals surface area contributed by atoms with E-state index in [9.17, 15) is 9.59 Å². The molecule has 0 aliphatic heterocycles. The van der Waals surface area contributed by atoms with Crippen LogP contribution in [0.2, 0.25) is 0 Å². The molecule has 3 rings (SSSR count). The van der Waals surface area contributed by atoms with Crippen molar-refractivity contribution in [3.8, 4) is 5.69 Å². The number of rotatable bonds is 7.